The van der Waals surface area contributed by atoms with Gasteiger partial charge in [-0.3, -0.25) is 0 Å². The second-order valence-electron chi connectivity index (χ2n) is 5.53. The van der Waals surface area contributed by atoms with Gasteiger partial charge in [-0.15, -0.1) is 0 Å². The predicted octanol–water partition coefficient (Wildman–Crippen LogP) is 2.00. The molecule has 0 aliphatic carbocycles. The van der Waals surface area contributed by atoms with Crippen LogP contribution in [0.2, 0.25) is 0 Å². The zero-order valence-corrected chi connectivity index (χ0v) is 12.4. The number of nitrogens with zero attached hydrogens (tertiary/aromatic N) is 2. The summed E-state index contributed by atoms with van der Waals surface area (Å²) >= 11 is 0. The van der Waals surface area contributed by atoms with Crippen molar-refractivity contribution in [2.24, 2.45) is 5.92 Å². The molecular weight excluding hydrogens is 250 g/mol. The van der Waals surface area contributed by atoms with Crippen molar-refractivity contribution in [3.63, 3.8) is 0 Å². The first-order chi connectivity index (χ1) is 9.72. The van der Waals surface area contributed by atoms with Crippen molar-refractivity contribution >= 4 is 0 Å². The van der Waals surface area contributed by atoms with Crippen LogP contribution in [0.15, 0.2) is 18.2 Å². The van der Waals surface area contributed by atoms with E-state index in [2.05, 4.69) is 23.3 Å². The highest BCUT2D eigenvalue weighted by atomic mass is 16.5. The molecule has 1 aliphatic rings. The van der Waals surface area contributed by atoms with Gasteiger partial charge in [-0.25, -0.2) is 0 Å². The predicted molar refractivity (Wildman–Crippen MR) is 79.6 cm³/mol. The van der Waals surface area contributed by atoms with Crippen molar-refractivity contribution in [2.75, 3.05) is 33.8 Å². The number of nitrogens with one attached hydrogen (secondary N) is 1. The number of hydrogen-bond acceptors (Lipinski definition) is 4. The van der Waals surface area contributed by atoms with Crippen LogP contribution in [0.1, 0.15) is 24.0 Å². The van der Waals surface area contributed by atoms with E-state index in [0.717, 1.165) is 43.4 Å². The van der Waals surface area contributed by atoms with Gasteiger partial charge in [0.1, 0.15) is 5.75 Å². The molecule has 4 nitrogen and oxygen atoms in total. The van der Waals surface area contributed by atoms with E-state index in [1.54, 1.807) is 13.2 Å². The molecule has 0 unspecified atom stereocenters. The molecule has 1 aromatic carbocycles. The topological polar surface area (TPSA) is 48.3 Å². The fraction of sp³-hybridized carbons (Fsp3) is 0.562. The van der Waals surface area contributed by atoms with E-state index >= 15 is 0 Å². The minimum atomic E-state index is 0.691. The molecule has 1 N–H and O–H groups in total. The highest BCUT2D eigenvalue weighted by Gasteiger charge is 2.16. The van der Waals surface area contributed by atoms with E-state index < -0.39 is 0 Å². The number of methoxy groups -OCH3 is 1. The first kappa shape index (κ1) is 14.8. The fourth-order valence-corrected chi connectivity index (χ4v) is 2.83. The Morgan fingerprint density at radius 3 is 2.80 bits per heavy atom. The van der Waals surface area contributed by atoms with Crippen LogP contribution in [0.3, 0.4) is 0 Å². The number of rotatable bonds is 5. The molecule has 4 heteroatoms. The molecule has 20 heavy (non-hydrogen) atoms. The molecule has 1 fully saturated rings. The van der Waals surface area contributed by atoms with E-state index in [1.807, 2.05) is 12.1 Å². The summed E-state index contributed by atoms with van der Waals surface area (Å²) in [6.45, 7) is 4.18. The molecule has 0 saturated carbocycles. The Labute approximate surface area is 121 Å². The quantitative estimate of drug-likeness (QED) is 0.891. The lowest BCUT2D eigenvalue weighted by Gasteiger charge is -2.27. The summed E-state index contributed by atoms with van der Waals surface area (Å²) in [7, 11) is 3.82. The van der Waals surface area contributed by atoms with Gasteiger partial charge >= 0.3 is 0 Å². The summed E-state index contributed by atoms with van der Waals surface area (Å²) < 4.78 is 5.39. The van der Waals surface area contributed by atoms with Gasteiger partial charge in [-0.05, 0) is 57.1 Å². The highest BCUT2D eigenvalue weighted by molar-refractivity contribution is 5.41. The van der Waals surface area contributed by atoms with Gasteiger partial charge in [-0.1, -0.05) is 0 Å². The summed E-state index contributed by atoms with van der Waals surface area (Å²) in [5, 5.41) is 12.4. The zero-order valence-electron chi connectivity index (χ0n) is 12.4. The van der Waals surface area contributed by atoms with Crippen LogP contribution in [0.25, 0.3) is 0 Å². The van der Waals surface area contributed by atoms with Gasteiger partial charge in [0, 0.05) is 18.7 Å². The van der Waals surface area contributed by atoms with Crippen LogP contribution in [-0.2, 0) is 6.54 Å². The van der Waals surface area contributed by atoms with Crippen molar-refractivity contribution in [1.29, 1.82) is 5.26 Å². The summed E-state index contributed by atoms with van der Waals surface area (Å²) in [5.74, 6) is 1.63. The van der Waals surface area contributed by atoms with Gasteiger partial charge in [-0.2, -0.15) is 5.26 Å². The molecule has 0 spiro atoms. The summed E-state index contributed by atoms with van der Waals surface area (Å²) in [4.78, 5) is 2.33. The Morgan fingerprint density at radius 1 is 1.40 bits per heavy atom. The maximum absolute atomic E-state index is 9.01. The van der Waals surface area contributed by atoms with E-state index in [0.29, 0.717) is 5.56 Å². The van der Waals surface area contributed by atoms with Gasteiger partial charge in [0.25, 0.3) is 0 Å². The van der Waals surface area contributed by atoms with Crippen molar-refractivity contribution < 1.29 is 4.74 Å². The number of hydrogen-bond donors (Lipinski definition) is 1. The number of benzene rings is 1. The first-order valence-electron chi connectivity index (χ1n) is 7.19. The molecule has 108 valence electrons. The Hall–Kier alpha value is -1.57. The van der Waals surface area contributed by atoms with Crippen molar-refractivity contribution in [3.05, 3.63) is 29.3 Å². The smallest absolute Gasteiger partial charge is 0.123 e. The Morgan fingerprint density at radius 2 is 2.15 bits per heavy atom. The molecule has 1 saturated heterocycles. The van der Waals surface area contributed by atoms with Crippen molar-refractivity contribution in [1.82, 2.24) is 10.2 Å². The van der Waals surface area contributed by atoms with Crippen LogP contribution < -0.4 is 10.1 Å². The van der Waals surface area contributed by atoms with E-state index in [9.17, 15) is 0 Å². The van der Waals surface area contributed by atoms with Crippen LogP contribution in [0.5, 0.6) is 5.75 Å². The SMILES string of the molecule is COc1ccc(C#N)cc1CN(C)CC1CCNCC1. The maximum Gasteiger partial charge on any atom is 0.123 e. The minimum Gasteiger partial charge on any atom is -0.496 e. The van der Waals surface area contributed by atoms with E-state index in [4.69, 9.17) is 10.00 Å². The largest absolute Gasteiger partial charge is 0.496 e. The van der Waals surface area contributed by atoms with Crippen LogP contribution >= 0.6 is 0 Å². The lowest BCUT2D eigenvalue weighted by molar-refractivity contribution is 0.232. The van der Waals surface area contributed by atoms with Gasteiger partial charge in [0.05, 0.1) is 18.7 Å². The number of piperidine rings is 1. The summed E-state index contributed by atoms with van der Waals surface area (Å²) in [6.07, 6.45) is 2.50. The molecule has 0 atom stereocenters. The lowest BCUT2D eigenvalue weighted by Crippen LogP contribution is -2.34. The monoisotopic (exact) mass is 273 g/mol. The lowest BCUT2D eigenvalue weighted by atomic mass is 9.97. The Bertz CT molecular complexity index is 475. The average molecular weight is 273 g/mol. The summed E-state index contributed by atoms with van der Waals surface area (Å²) in [6, 6.07) is 7.80. The molecule has 1 aromatic rings. The molecule has 1 heterocycles. The van der Waals surface area contributed by atoms with E-state index in [1.165, 1.54) is 12.8 Å². The molecule has 2 rings (SSSR count). The standard InChI is InChI=1S/C16H23N3O/c1-19(11-13-5-7-18-8-6-13)12-15-9-14(10-17)3-4-16(15)20-2/h3-4,9,13,18H,5-8,11-12H2,1-2H3. The van der Waals surface area contributed by atoms with Crippen LogP contribution in [-0.4, -0.2) is 38.7 Å². The zero-order chi connectivity index (χ0) is 14.4. The molecule has 1 aliphatic heterocycles. The Kier molecular flexibility index (Phi) is 5.40. The molecule has 0 amide bonds. The molecule has 0 aromatic heterocycles. The van der Waals surface area contributed by atoms with Crippen molar-refractivity contribution in [2.45, 2.75) is 19.4 Å². The fourth-order valence-electron chi connectivity index (χ4n) is 2.83. The van der Waals surface area contributed by atoms with Gasteiger partial charge in [0.15, 0.2) is 0 Å². The normalized spacial score (nSPS) is 16.1. The number of nitriles is 1. The number of ether oxygens (including phenoxy) is 1. The molecular formula is C16H23N3O. The van der Waals surface area contributed by atoms with Crippen LogP contribution in [0, 0.1) is 17.2 Å². The molecule has 0 radical (unpaired) electrons. The Balaban J connectivity index is 1.99. The van der Waals surface area contributed by atoms with Gasteiger partial charge in [0.2, 0.25) is 0 Å². The third-order valence-corrected chi connectivity index (χ3v) is 3.88. The second-order valence-corrected chi connectivity index (χ2v) is 5.53. The minimum absolute atomic E-state index is 0.691. The third-order valence-electron chi connectivity index (χ3n) is 3.88. The van der Waals surface area contributed by atoms with E-state index in [-0.39, 0.29) is 0 Å². The molecule has 0 bridgehead atoms. The maximum atomic E-state index is 9.01. The van der Waals surface area contributed by atoms with Crippen LogP contribution in [0.4, 0.5) is 0 Å². The highest BCUT2D eigenvalue weighted by Crippen LogP contribution is 2.22. The second kappa shape index (κ2) is 7.28. The first-order valence-corrected chi connectivity index (χ1v) is 7.19. The van der Waals surface area contributed by atoms with Crippen molar-refractivity contribution in [3.8, 4) is 11.8 Å². The third kappa shape index (κ3) is 3.96. The summed E-state index contributed by atoms with van der Waals surface area (Å²) in [5.41, 5.74) is 1.78. The average Bonchev–Trinajstić information content (AvgIpc) is 2.48. The van der Waals surface area contributed by atoms with Gasteiger partial charge < -0.3 is 15.0 Å².